The Morgan fingerprint density at radius 3 is 2.38 bits per heavy atom. The van der Waals surface area contributed by atoms with Crippen molar-refractivity contribution in [3.63, 3.8) is 0 Å². The third kappa shape index (κ3) is 7.51. The monoisotopic (exact) mass is 574 g/mol. The molecule has 2 atom stereocenters. The fourth-order valence-corrected chi connectivity index (χ4v) is 6.86. The van der Waals surface area contributed by atoms with E-state index >= 15 is 0 Å². The summed E-state index contributed by atoms with van der Waals surface area (Å²) in [6, 6.07) is 10.9. The zero-order valence-electron chi connectivity index (χ0n) is 19.0. The van der Waals surface area contributed by atoms with E-state index in [2.05, 4.69) is 107 Å². The first kappa shape index (κ1) is 29.5. The Morgan fingerprint density at radius 2 is 1.75 bits per heavy atom. The van der Waals surface area contributed by atoms with Gasteiger partial charge in [0.2, 0.25) is 0 Å². The van der Waals surface area contributed by atoms with E-state index in [9.17, 15) is 0 Å². The maximum Gasteiger partial charge on any atom is -1.00 e. The molecule has 0 fully saturated rings. The van der Waals surface area contributed by atoms with Gasteiger partial charge in [-0.1, -0.05) is 63.1 Å². The molecular weight excluding hydrogens is 549 g/mol. The Balaban J connectivity index is 0.000000277. The minimum atomic E-state index is -0.183. The molecule has 5 rings (SSSR count). The van der Waals surface area contributed by atoms with Gasteiger partial charge in [-0.15, -0.1) is 40.3 Å². The maximum absolute atomic E-state index is 3.45. The predicted molar refractivity (Wildman–Crippen MR) is 133 cm³/mol. The second kappa shape index (κ2) is 14.0. The van der Waals surface area contributed by atoms with Crippen molar-refractivity contribution in [2.24, 2.45) is 0 Å². The normalized spacial score (nSPS) is 20.8. The van der Waals surface area contributed by atoms with E-state index in [-0.39, 0.29) is 32.7 Å². The third-order valence-electron chi connectivity index (χ3n) is 4.73. The van der Waals surface area contributed by atoms with E-state index < -0.39 is 0 Å². The molecule has 1 heterocycles. The van der Waals surface area contributed by atoms with Crippen LogP contribution in [0.4, 0.5) is 0 Å². The minimum absolute atomic E-state index is 0. The van der Waals surface area contributed by atoms with Crippen LogP contribution in [0.15, 0.2) is 99.3 Å². The molecule has 0 N–H and O–H groups in total. The predicted octanol–water partition coefficient (Wildman–Crippen LogP) is 0.995. The molecule has 166 valence electrons. The number of hydrogen-bond acceptors (Lipinski definition) is 1. The molecule has 1 aliphatic heterocycles. The Kier molecular flexibility index (Phi) is 13.0. The molecule has 0 bridgehead atoms. The molecular formula is C27H27Cl2PSZr-2. The molecule has 0 radical (unpaired) electrons. The number of thioether (sulfide) groups is 1. The molecule has 0 nitrogen and oxygen atoms in total. The van der Waals surface area contributed by atoms with E-state index in [1.54, 1.807) is 36.0 Å². The molecule has 5 heteroatoms. The number of benzene rings is 1. The summed E-state index contributed by atoms with van der Waals surface area (Å²) < 4.78 is 1.51. The Hall–Kier alpha value is -0.487. The molecule has 4 aliphatic rings. The van der Waals surface area contributed by atoms with Gasteiger partial charge in [0.25, 0.3) is 0 Å². The molecule has 3 aliphatic carbocycles. The summed E-state index contributed by atoms with van der Waals surface area (Å²) in [6.45, 7) is 8.70. The standard InChI is InChI=1S/C15H14P.C9H7S.C3H6.2ClH.Zr/c1-11-8-13-10-12(2)16(15(13)9-11)14-6-4-3-5-7-14;1-10-9-6-5-7-3-2-4-8(7)9;1-3-2;;;/h3-7,9-10,12H,1-2H3;2-3,5-6H,1H3;1-2H3;2*1H;/q2*-1;;;;+2/p-2. The summed E-state index contributed by atoms with van der Waals surface area (Å²) in [6.07, 6.45) is 21.8. The fraction of sp³-hybridized carbons (Fsp3) is 0.222. The van der Waals surface area contributed by atoms with Crippen LogP contribution in [-0.4, -0.2) is 15.1 Å². The van der Waals surface area contributed by atoms with Gasteiger partial charge in [0.15, 0.2) is 0 Å². The maximum atomic E-state index is 3.45. The molecule has 32 heavy (non-hydrogen) atoms. The number of rotatable bonds is 2. The second-order valence-electron chi connectivity index (χ2n) is 7.57. The quantitative estimate of drug-likeness (QED) is 0.374. The largest absolute Gasteiger partial charge is 1.00 e. The molecule has 0 aromatic heterocycles. The second-order valence-corrected chi connectivity index (χ2v) is 13.4. The van der Waals surface area contributed by atoms with Gasteiger partial charge in [0.05, 0.1) is 0 Å². The molecule has 0 saturated carbocycles. The van der Waals surface area contributed by atoms with Crippen molar-refractivity contribution in [1.29, 1.82) is 0 Å². The first-order valence-electron chi connectivity index (χ1n) is 10.1. The van der Waals surface area contributed by atoms with Gasteiger partial charge < -0.3 is 24.8 Å². The van der Waals surface area contributed by atoms with E-state index in [0.29, 0.717) is 5.66 Å². The average Bonchev–Trinajstić information content (AvgIpc) is 3.43. The van der Waals surface area contributed by atoms with E-state index in [0.717, 1.165) is 0 Å². The summed E-state index contributed by atoms with van der Waals surface area (Å²) in [5, 5.41) is 3.00. The van der Waals surface area contributed by atoms with E-state index in [1.807, 2.05) is 6.08 Å². The molecule has 0 spiro atoms. The Labute approximate surface area is 226 Å². The van der Waals surface area contributed by atoms with Crippen LogP contribution in [0.1, 0.15) is 27.7 Å². The molecule has 1 aromatic rings. The SMILES string of the molecule is CC1=[C-]C2=CC(C)P(c3ccccc3)C2=C1.CSC1=C2[C-]=CC=C2C=C1.C[C](C)=[Zr+2].[Cl-].[Cl-]. The summed E-state index contributed by atoms with van der Waals surface area (Å²) >= 11 is 3.33. The molecule has 0 saturated heterocycles. The van der Waals surface area contributed by atoms with Crippen LogP contribution in [-0.2, 0) is 24.2 Å². The fourth-order valence-electron chi connectivity index (χ4n) is 3.57. The zero-order valence-corrected chi connectivity index (χ0v) is 24.7. The van der Waals surface area contributed by atoms with Crippen LogP contribution in [0.25, 0.3) is 0 Å². The number of fused-ring (bicyclic) bond motifs is 2. The van der Waals surface area contributed by atoms with Crippen LogP contribution in [0, 0.1) is 12.2 Å². The van der Waals surface area contributed by atoms with Gasteiger partial charge in [0, 0.05) is 0 Å². The number of hydrogen-bond donors (Lipinski definition) is 0. The van der Waals surface area contributed by atoms with Crippen molar-refractivity contribution in [2.45, 2.75) is 33.4 Å². The summed E-state index contributed by atoms with van der Waals surface area (Å²) in [5.41, 5.74) is 5.85. The summed E-state index contributed by atoms with van der Waals surface area (Å²) in [4.78, 5) is 1.33. The summed E-state index contributed by atoms with van der Waals surface area (Å²) in [7, 11) is -0.183. The smallest absolute Gasteiger partial charge is 1.00 e. The molecule has 1 aromatic carbocycles. The first-order chi connectivity index (χ1) is 14.4. The minimum Gasteiger partial charge on any atom is -1.00 e. The first-order valence-corrected chi connectivity index (χ1v) is 13.9. The van der Waals surface area contributed by atoms with Gasteiger partial charge >= 0.3 is 41.3 Å². The van der Waals surface area contributed by atoms with Gasteiger partial charge in [-0.05, 0) is 17.2 Å². The molecule has 0 amide bonds. The van der Waals surface area contributed by atoms with Crippen molar-refractivity contribution in [2.75, 3.05) is 6.26 Å². The van der Waals surface area contributed by atoms with Crippen molar-refractivity contribution in [3.05, 3.63) is 111 Å². The Bertz CT molecular complexity index is 1040. The van der Waals surface area contributed by atoms with Crippen molar-refractivity contribution >= 4 is 28.2 Å². The van der Waals surface area contributed by atoms with Crippen molar-refractivity contribution in [3.8, 4) is 0 Å². The Morgan fingerprint density at radius 1 is 1.09 bits per heavy atom. The van der Waals surface area contributed by atoms with Crippen molar-refractivity contribution in [1.82, 2.24) is 0 Å². The van der Waals surface area contributed by atoms with E-state index in [1.165, 1.54) is 41.0 Å². The number of allylic oxidation sites excluding steroid dienone is 13. The van der Waals surface area contributed by atoms with E-state index in [4.69, 9.17) is 0 Å². The van der Waals surface area contributed by atoms with Gasteiger partial charge in [-0.2, -0.15) is 41.6 Å². The van der Waals surface area contributed by atoms with Crippen LogP contribution in [0.5, 0.6) is 0 Å². The number of halogens is 2. The van der Waals surface area contributed by atoms with Crippen LogP contribution < -0.4 is 30.1 Å². The van der Waals surface area contributed by atoms with Gasteiger partial charge in [-0.3, -0.25) is 0 Å². The van der Waals surface area contributed by atoms with Crippen LogP contribution in [0.2, 0.25) is 0 Å². The van der Waals surface area contributed by atoms with Crippen molar-refractivity contribution < 1.29 is 49.0 Å². The average molecular weight is 577 g/mol. The summed E-state index contributed by atoms with van der Waals surface area (Å²) in [5.74, 6) is 0. The topological polar surface area (TPSA) is 0 Å². The van der Waals surface area contributed by atoms with Gasteiger partial charge in [-0.25, -0.2) is 0 Å². The molecule has 2 unspecified atom stereocenters. The third-order valence-corrected chi connectivity index (χ3v) is 8.22. The zero-order chi connectivity index (χ0) is 21.7. The van der Waals surface area contributed by atoms with Gasteiger partial charge in [0.1, 0.15) is 0 Å². The van der Waals surface area contributed by atoms with Crippen LogP contribution in [0.3, 0.4) is 0 Å². The van der Waals surface area contributed by atoms with Crippen LogP contribution >= 0.6 is 19.7 Å².